The summed E-state index contributed by atoms with van der Waals surface area (Å²) in [6, 6.07) is 16.6. The molecule has 4 heteroatoms. The van der Waals surface area contributed by atoms with Gasteiger partial charge in [-0.15, -0.1) is 0 Å². The number of thioether (sulfide) groups is 1. The number of allylic oxidation sites excluding steroid dienone is 1. The van der Waals surface area contributed by atoms with Crippen LogP contribution in [0.2, 0.25) is 0 Å². The van der Waals surface area contributed by atoms with Crippen LogP contribution in [0.4, 0.5) is 0 Å². The highest BCUT2D eigenvalue weighted by Gasteiger charge is 2.20. The second kappa shape index (κ2) is 8.85. The first kappa shape index (κ1) is 18.5. The molecule has 0 bridgehead atoms. The lowest BCUT2D eigenvalue weighted by Gasteiger charge is -2.22. The molecule has 0 amide bonds. The number of benzene rings is 2. The molecule has 2 aromatic rings. The van der Waals surface area contributed by atoms with Crippen LogP contribution in [0.15, 0.2) is 58.3 Å². The summed E-state index contributed by atoms with van der Waals surface area (Å²) in [6.45, 7) is 6.61. The van der Waals surface area contributed by atoms with Gasteiger partial charge in [-0.2, -0.15) is 0 Å². The van der Waals surface area contributed by atoms with Crippen molar-refractivity contribution in [1.82, 2.24) is 4.90 Å². The van der Waals surface area contributed by atoms with Crippen molar-refractivity contribution in [3.05, 3.63) is 59.0 Å². The first-order valence-electron chi connectivity index (χ1n) is 9.97. The van der Waals surface area contributed by atoms with Crippen LogP contribution >= 0.6 is 11.8 Å². The van der Waals surface area contributed by atoms with E-state index in [4.69, 9.17) is 9.47 Å². The minimum absolute atomic E-state index is 0.776. The van der Waals surface area contributed by atoms with Crippen molar-refractivity contribution in [3.63, 3.8) is 0 Å². The van der Waals surface area contributed by atoms with E-state index in [2.05, 4.69) is 48.2 Å². The van der Waals surface area contributed by atoms with Gasteiger partial charge in [0.25, 0.3) is 0 Å². The van der Waals surface area contributed by atoms with Crippen molar-refractivity contribution >= 4 is 17.5 Å². The lowest BCUT2D eigenvalue weighted by Crippen LogP contribution is -2.21. The topological polar surface area (TPSA) is 21.7 Å². The summed E-state index contributed by atoms with van der Waals surface area (Å²) in [4.78, 5) is 4.99. The van der Waals surface area contributed by atoms with Crippen molar-refractivity contribution in [1.29, 1.82) is 0 Å². The predicted octanol–water partition coefficient (Wildman–Crippen LogP) is 5.81. The fourth-order valence-electron chi connectivity index (χ4n) is 3.60. The number of nitrogens with zero attached hydrogens (tertiary/aromatic N) is 1. The van der Waals surface area contributed by atoms with E-state index in [1.807, 2.05) is 23.9 Å². The van der Waals surface area contributed by atoms with Crippen LogP contribution in [0.3, 0.4) is 0 Å². The van der Waals surface area contributed by atoms with Gasteiger partial charge >= 0.3 is 0 Å². The Hall–Kier alpha value is -1.91. The Bertz CT molecular complexity index is 794. The van der Waals surface area contributed by atoms with Crippen molar-refractivity contribution in [2.75, 3.05) is 26.2 Å². The molecule has 0 N–H and O–H groups in total. The second-order valence-electron chi connectivity index (χ2n) is 7.03. The van der Waals surface area contributed by atoms with Gasteiger partial charge < -0.3 is 14.4 Å². The molecule has 2 aromatic carbocycles. The van der Waals surface area contributed by atoms with E-state index in [1.165, 1.54) is 35.7 Å². The van der Waals surface area contributed by atoms with Gasteiger partial charge in [0, 0.05) is 17.0 Å². The Morgan fingerprint density at radius 1 is 1.04 bits per heavy atom. The van der Waals surface area contributed by atoms with Crippen LogP contribution in [-0.2, 0) is 0 Å². The minimum Gasteiger partial charge on any atom is -0.494 e. The third-order valence-electron chi connectivity index (χ3n) is 5.07. The molecule has 0 saturated carbocycles. The summed E-state index contributed by atoms with van der Waals surface area (Å²) < 4.78 is 12.2. The number of para-hydroxylation sites is 1. The molecule has 0 aliphatic carbocycles. The lowest BCUT2D eigenvalue weighted by atomic mass is 10.1. The van der Waals surface area contributed by atoms with Gasteiger partial charge in [0.15, 0.2) is 0 Å². The largest absolute Gasteiger partial charge is 0.494 e. The van der Waals surface area contributed by atoms with Crippen molar-refractivity contribution < 1.29 is 9.47 Å². The minimum atomic E-state index is 0.776. The number of hydrogen-bond acceptors (Lipinski definition) is 4. The van der Waals surface area contributed by atoms with E-state index in [0.717, 1.165) is 48.8 Å². The molecule has 2 aliphatic rings. The Kier molecular flexibility index (Phi) is 6.05. The first-order valence-corrected chi connectivity index (χ1v) is 10.8. The molecular formula is C23H27NO2S. The predicted molar refractivity (Wildman–Crippen MR) is 112 cm³/mol. The Balaban J connectivity index is 1.37. The maximum absolute atomic E-state index is 6.23. The molecule has 4 rings (SSSR count). The molecule has 2 heterocycles. The number of likely N-dealkylation sites (tertiary alicyclic amines) is 1. The van der Waals surface area contributed by atoms with Gasteiger partial charge in [0.05, 0.1) is 11.5 Å². The molecule has 0 atom stereocenters. The molecule has 2 aliphatic heterocycles. The van der Waals surface area contributed by atoms with Gasteiger partial charge in [-0.25, -0.2) is 0 Å². The SMILES string of the molecule is CCC1=C(c2ccc(OCCCN3CCCC3)cc2)Oc2ccccc2S1. The Morgan fingerprint density at radius 2 is 1.81 bits per heavy atom. The van der Waals surface area contributed by atoms with Crippen LogP contribution in [0.1, 0.15) is 38.2 Å². The van der Waals surface area contributed by atoms with Crippen LogP contribution in [-0.4, -0.2) is 31.1 Å². The summed E-state index contributed by atoms with van der Waals surface area (Å²) >= 11 is 1.81. The van der Waals surface area contributed by atoms with Crippen molar-refractivity contribution in [3.8, 4) is 11.5 Å². The number of fused-ring (bicyclic) bond motifs is 1. The van der Waals surface area contributed by atoms with Crippen LogP contribution < -0.4 is 9.47 Å². The summed E-state index contributed by atoms with van der Waals surface area (Å²) in [5, 5.41) is 0. The van der Waals surface area contributed by atoms with E-state index >= 15 is 0 Å². The molecule has 0 unspecified atom stereocenters. The van der Waals surface area contributed by atoms with Crippen LogP contribution in [0.5, 0.6) is 11.5 Å². The molecule has 142 valence electrons. The smallest absolute Gasteiger partial charge is 0.144 e. The summed E-state index contributed by atoms with van der Waals surface area (Å²) in [6.07, 6.45) is 4.75. The molecule has 0 radical (unpaired) electrons. The van der Waals surface area contributed by atoms with E-state index in [-0.39, 0.29) is 0 Å². The highest BCUT2D eigenvalue weighted by molar-refractivity contribution is 8.03. The first-order chi connectivity index (χ1) is 13.3. The van der Waals surface area contributed by atoms with Crippen LogP contribution in [0, 0.1) is 0 Å². The molecule has 1 saturated heterocycles. The zero-order valence-electron chi connectivity index (χ0n) is 15.9. The maximum atomic E-state index is 6.23. The third kappa shape index (κ3) is 4.50. The number of rotatable bonds is 7. The molecule has 0 aromatic heterocycles. The van der Waals surface area contributed by atoms with E-state index in [9.17, 15) is 0 Å². The second-order valence-corrected chi connectivity index (χ2v) is 8.17. The fourth-order valence-corrected chi connectivity index (χ4v) is 4.62. The van der Waals surface area contributed by atoms with Crippen molar-refractivity contribution in [2.45, 2.75) is 37.5 Å². The average Bonchev–Trinajstić information content (AvgIpc) is 3.24. The molecule has 1 fully saturated rings. The highest BCUT2D eigenvalue weighted by atomic mass is 32.2. The fraction of sp³-hybridized carbons (Fsp3) is 0.391. The molecule has 0 spiro atoms. The van der Waals surface area contributed by atoms with Gasteiger partial charge in [-0.3, -0.25) is 0 Å². The normalized spacial score (nSPS) is 16.9. The maximum Gasteiger partial charge on any atom is 0.144 e. The van der Waals surface area contributed by atoms with Crippen molar-refractivity contribution in [2.24, 2.45) is 0 Å². The molecule has 27 heavy (non-hydrogen) atoms. The summed E-state index contributed by atoms with van der Waals surface area (Å²) in [5.41, 5.74) is 1.11. The highest BCUT2D eigenvalue weighted by Crippen LogP contribution is 2.45. The quantitative estimate of drug-likeness (QED) is 0.564. The zero-order chi connectivity index (χ0) is 18.5. The van der Waals surface area contributed by atoms with Gasteiger partial charge in [-0.1, -0.05) is 30.8 Å². The Morgan fingerprint density at radius 3 is 2.59 bits per heavy atom. The summed E-state index contributed by atoms with van der Waals surface area (Å²) in [7, 11) is 0. The molecular weight excluding hydrogens is 354 g/mol. The zero-order valence-corrected chi connectivity index (χ0v) is 16.8. The average molecular weight is 382 g/mol. The number of ether oxygens (including phenoxy) is 2. The van der Waals surface area contributed by atoms with Crippen LogP contribution in [0.25, 0.3) is 5.76 Å². The van der Waals surface area contributed by atoms with Gasteiger partial charge in [-0.05, 0) is 75.2 Å². The standard InChI is InChI=1S/C23H27NO2S/c1-2-21-23(26-20-8-3-4-9-22(20)27-21)18-10-12-19(13-11-18)25-17-7-16-24-14-5-6-15-24/h3-4,8-13H,2,5-7,14-17H2,1H3. The lowest BCUT2D eigenvalue weighted by molar-refractivity contribution is 0.263. The van der Waals surface area contributed by atoms with E-state index in [1.54, 1.807) is 0 Å². The third-order valence-corrected chi connectivity index (χ3v) is 6.35. The number of hydrogen-bond donors (Lipinski definition) is 0. The Labute approximate surface area is 166 Å². The van der Waals surface area contributed by atoms with Gasteiger partial charge in [0.1, 0.15) is 17.3 Å². The molecule has 3 nitrogen and oxygen atoms in total. The van der Waals surface area contributed by atoms with Gasteiger partial charge in [0.2, 0.25) is 0 Å². The summed E-state index contributed by atoms with van der Waals surface area (Å²) in [5.74, 6) is 2.85. The van der Waals surface area contributed by atoms with E-state index < -0.39 is 0 Å². The monoisotopic (exact) mass is 381 g/mol. The van der Waals surface area contributed by atoms with E-state index in [0.29, 0.717) is 0 Å².